The van der Waals surface area contributed by atoms with Crippen LogP contribution in [0.1, 0.15) is 117 Å². The molecule has 0 saturated carbocycles. The Labute approximate surface area is 145 Å². The van der Waals surface area contributed by atoms with E-state index in [0.29, 0.717) is 12.0 Å². The van der Waals surface area contributed by atoms with E-state index in [-0.39, 0.29) is 0 Å². The third kappa shape index (κ3) is 7.10. The number of imidazole rings is 1. The Bertz CT molecular complexity index is 406. The molecule has 0 aromatic carbocycles. The van der Waals surface area contributed by atoms with Crippen LogP contribution in [0.3, 0.4) is 0 Å². The second-order valence-corrected chi connectivity index (χ2v) is 7.52. The van der Waals surface area contributed by atoms with Crippen LogP contribution in [0.2, 0.25) is 0 Å². The molecule has 0 amide bonds. The van der Waals surface area contributed by atoms with E-state index in [4.69, 9.17) is 0 Å². The number of hydrogen-bond acceptors (Lipinski definition) is 0. The summed E-state index contributed by atoms with van der Waals surface area (Å²) < 4.78 is 5.02. The molecule has 1 heterocycles. The number of aryl methyl sites for hydroxylation is 1. The van der Waals surface area contributed by atoms with Crippen molar-refractivity contribution in [3.8, 4) is 0 Å². The lowest BCUT2D eigenvalue weighted by molar-refractivity contribution is -0.727. The Morgan fingerprint density at radius 3 is 2.04 bits per heavy atom. The molecular formula is C21H41N2+. The Morgan fingerprint density at radius 1 is 0.870 bits per heavy atom. The van der Waals surface area contributed by atoms with Gasteiger partial charge in [0.05, 0.1) is 18.5 Å². The normalized spacial score (nSPS) is 13.0. The summed E-state index contributed by atoms with van der Waals surface area (Å²) in [6.45, 7) is 12.8. The molecule has 0 aliphatic heterocycles. The van der Waals surface area contributed by atoms with Crippen LogP contribution in [0.4, 0.5) is 0 Å². The van der Waals surface area contributed by atoms with Gasteiger partial charge in [0.15, 0.2) is 0 Å². The highest BCUT2D eigenvalue weighted by atomic mass is 15.2. The molecule has 1 aromatic heterocycles. The average Bonchev–Trinajstić information content (AvgIpc) is 2.94. The van der Waals surface area contributed by atoms with E-state index in [1.807, 2.05) is 0 Å². The highest BCUT2D eigenvalue weighted by Gasteiger charge is 2.23. The van der Waals surface area contributed by atoms with Gasteiger partial charge in [-0.1, -0.05) is 72.6 Å². The summed E-state index contributed by atoms with van der Waals surface area (Å²) in [4.78, 5) is 0. The monoisotopic (exact) mass is 321 g/mol. The molecule has 0 fully saturated rings. The van der Waals surface area contributed by atoms with Gasteiger partial charge in [-0.15, -0.1) is 0 Å². The van der Waals surface area contributed by atoms with E-state index >= 15 is 0 Å². The number of unbranched alkanes of at least 4 members (excludes halogenated alkanes) is 7. The largest absolute Gasteiger partial charge is 0.259 e. The summed E-state index contributed by atoms with van der Waals surface area (Å²) in [7, 11) is 0. The van der Waals surface area contributed by atoms with Gasteiger partial charge in [-0.25, -0.2) is 9.13 Å². The van der Waals surface area contributed by atoms with Crippen molar-refractivity contribution in [2.45, 2.75) is 117 Å². The van der Waals surface area contributed by atoms with Gasteiger partial charge in [0.2, 0.25) is 0 Å². The Kier molecular flexibility index (Phi) is 10.3. The zero-order valence-corrected chi connectivity index (χ0v) is 16.5. The van der Waals surface area contributed by atoms with Gasteiger partial charge in [-0.2, -0.15) is 0 Å². The van der Waals surface area contributed by atoms with E-state index in [9.17, 15) is 0 Å². The molecule has 0 aliphatic carbocycles. The second-order valence-electron chi connectivity index (χ2n) is 7.52. The molecule has 134 valence electrons. The molecule has 1 rings (SSSR count). The Hall–Kier alpha value is -0.790. The smallest absolute Gasteiger partial charge is 0.234 e. The van der Waals surface area contributed by atoms with Gasteiger partial charge in [-0.05, 0) is 26.2 Å². The molecule has 0 bridgehead atoms. The first-order chi connectivity index (χ1) is 11.1. The quantitative estimate of drug-likeness (QED) is 0.293. The van der Waals surface area contributed by atoms with Gasteiger partial charge < -0.3 is 0 Å². The fourth-order valence-electron chi connectivity index (χ4n) is 3.62. The van der Waals surface area contributed by atoms with Crippen molar-refractivity contribution in [1.82, 2.24) is 4.57 Å². The highest BCUT2D eigenvalue weighted by Crippen LogP contribution is 2.16. The van der Waals surface area contributed by atoms with Crippen LogP contribution in [0.25, 0.3) is 0 Å². The molecule has 1 atom stereocenters. The fraction of sp³-hybridized carbons (Fsp3) is 0.857. The van der Waals surface area contributed by atoms with E-state index in [0.717, 1.165) is 0 Å². The van der Waals surface area contributed by atoms with Gasteiger partial charge in [0.25, 0.3) is 5.82 Å². The molecule has 0 saturated heterocycles. The molecule has 0 radical (unpaired) electrons. The van der Waals surface area contributed by atoms with Crippen molar-refractivity contribution in [1.29, 1.82) is 0 Å². The zero-order valence-electron chi connectivity index (χ0n) is 16.5. The predicted octanol–water partition coefficient (Wildman–Crippen LogP) is 6.40. The molecule has 1 unspecified atom stereocenters. The maximum atomic E-state index is 2.51. The standard InChI is InChI=1S/C21H41N2/c1-6-8-9-10-11-12-13-14-16-22-17-18-23(20(5)15-7-2)21(22)19(3)4/h17-20H,6-16H2,1-5H3/q+1. The number of aromatic nitrogens is 2. The van der Waals surface area contributed by atoms with Crippen LogP contribution in [0.5, 0.6) is 0 Å². The van der Waals surface area contributed by atoms with Crippen molar-refractivity contribution in [2.75, 3.05) is 0 Å². The summed E-state index contributed by atoms with van der Waals surface area (Å²) in [5.74, 6) is 2.10. The van der Waals surface area contributed by atoms with Crippen LogP contribution in [-0.2, 0) is 6.54 Å². The minimum atomic E-state index is 0.596. The topological polar surface area (TPSA) is 8.81 Å². The van der Waals surface area contributed by atoms with Crippen LogP contribution < -0.4 is 4.57 Å². The van der Waals surface area contributed by atoms with Gasteiger partial charge in [0.1, 0.15) is 12.4 Å². The molecular weight excluding hydrogens is 280 g/mol. The van der Waals surface area contributed by atoms with Crippen molar-refractivity contribution in [3.05, 3.63) is 18.2 Å². The summed E-state index contributed by atoms with van der Waals surface area (Å²) in [5, 5.41) is 0. The van der Waals surface area contributed by atoms with Crippen molar-refractivity contribution in [2.24, 2.45) is 0 Å². The third-order valence-electron chi connectivity index (χ3n) is 4.92. The molecule has 0 spiro atoms. The van der Waals surface area contributed by atoms with Crippen molar-refractivity contribution < 1.29 is 4.57 Å². The first kappa shape index (κ1) is 20.3. The first-order valence-corrected chi connectivity index (χ1v) is 10.2. The lowest BCUT2D eigenvalue weighted by atomic mass is 10.1. The zero-order chi connectivity index (χ0) is 17.1. The average molecular weight is 322 g/mol. The van der Waals surface area contributed by atoms with Crippen LogP contribution in [0, 0.1) is 0 Å². The summed E-state index contributed by atoms with van der Waals surface area (Å²) in [6, 6.07) is 0.622. The number of rotatable bonds is 13. The SMILES string of the molecule is CCCCCCCCCCn1cc[n+](C(C)CCC)c1C(C)C. The van der Waals surface area contributed by atoms with Crippen LogP contribution in [-0.4, -0.2) is 4.57 Å². The molecule has 1 aromatic rings. The van der Waals surface area contributed by atoms with Gasteiger partial charge >= 0.3 is 0 Å². The summed E-state index contributed by atoms with van der Waals surface area (Å²) >= 11 is 0. The van der Waals surface area contributed by atoms with Crippen molar-refractivity contribution >= 4 is 0 Å². The minimum absolute atomic E-state index is 0.596. The second kappa shape index (κ2) is 11.7. The lowest BCUT2D eigenvalue weighted by Crippen LogP contribution is -2.41. The molecule has 0 N–H and O–H groups in total. The van der Waals surface area contributed by atoms with E-state index < -0.39 is 0 Å². The maximum absolute atomic E-state index is 2.51. The van der Waals surface area contributed by atoms with E-state index in [1.54, 1.807) is 0 Å². The fourth-order valence-corrected chi connectivity index (χ4v) is 3.62. The van der Waals surface area contributed by atoms with Gasteiger partial charge in [0, 0.05) is 0 Å². The molecule has 23 heavy (non-hydrogen) atoms. The lowest BCUT2D eigenvalue weighted by Gasteiger charge is -2.13. The number of nitrogens with zero attached hydrogens (tertiary/aromatic N) is 2. The summed E-state index contributed by atoms with van der Waals surface area (Å²) in [5.41, 5.74) is 0. The Balaban J connectivity index is 2.41. The molecule has 2 heteroatoms. The number of hydrogen-bond donors (Lipinski definition) is 0. The Morgan fingerprint density at radius 2 is 1.48 bits per heavy atom. The van der Waals surface area contributed by atoms with Crippen LogP contribution >= 0.6 is 0 Å². The van der Waals surface area contributed by atoms with E-state index in [2.05, 4.69) is 56.1 Å². The molecule has 2 nitrogen and oxygen atoms in total. The van der Waals surface area contributed by atoms with Gasteiger partial charge in [-0.3, -0.25) is 0 Å². The predicted molar refractivity (Wildman–Crippen MR) is 101 cm³/mol. The third-order valence-corrected chi connectivity index (χ3v) is 4.92. The maximum Gasteiger partial charge on any atom is 0.259 e. The van der Waals surface area contributed by atoms with Crippen molar-refractivity contribution in [3.63, 3.8) is 0 Å². The van der Waals surface area contributed by atoms with E-state index in [1.165, 1.54) is 76.6 Å². The highest BCUT2D eigenvalue weighted by molar-refractivity contribution is 4.90. The minimum Gasteiger partial charge on any atom is -0.234 e. The first-order valence-electron chi connectivity index (χ1n) is 10.2. The summed E-state index contributed by atoms with van der Waals surface area (Å²) in [6.07, 6.45) is 18.3. The molecule has 0 aliphatic rings. The van der Waals surface area contributed by atoms with Crippen LogP contribution in [0.15, 0.2) is 12.4 Å².